The molecule has 0 saturated heterocycles. The van der Waals surface area contributed by atoms with E-state index in [0.29, 0.717) is 12.5 Å². The zero-order valence-corrected chi connectivity index (χ0v) is 14.3. The van der Waals surface area contributed by atoms with Gasteiger partial charge in [0.1, 0.15) is 5.54 Å². The minimum absolute atomic E-state index is 0.688. The molecule has 0 amide bonds. The van der Waals surface area contributed by atoms with Gasteiger partial charge in [-0.05, 0) is 65.1 Å². The molecule has 0 bridgehead atoms. The fourth-order valence-electron chi connectivity index (χ4n) is 3.34. The van der Waals surface area contributed by atoms with Crippen LogP contribution in [0.4, 0.5) is 0 Å². The van der Waals surface area contributed by atoms with E-state index in [9.17, 15) is 9.90 Å². The topological polar surface area (TPSA) is 52.6 Å². The summed E-state index contributed by atoms with van der Waals surface area (Å²) >= 11 is 0. The summed E-state index contributed by atoms with van der Waals surface area (Å²) in [7, 11) is 2.19. The highest BCUT2D eigenvalue weighted by atomic mass is 16.4. The highest BCUT2D eigenvalue weighted by molar-refractivity contribution is 5.78. The van der Waals surface area contributed by atoms with Crippen molar-refractivity contribution < 1.29 is 9.90 Å². The van der Waals surface area contributed by atoms with Crippen molar-refractivity contribution in [2.24, 2.45) is 5.92 Å². The van der Waals surface area contributed by atoms with Crippen LogP contribution >= 0.6 is 0 Å². The summed E-state index contributed by atoms with van der Waals surface area (Å²) < 4.78 is 0. The molecule has 0 aromatic rings. The number of hydrogen-bond donors (Lipinski definition) is 2. The lowest BCUT2D eigenvalue weighted by Gasteiger charge is -2.35. The number of carboxylic acids is 1. The fraction of sp³-hybridized carbons (Fsp3) is 0.941. The van der Waals surface area contributed by atoms with Crippen LogP contribution in [-0.4, -0.2) is 47.7 Å². The number of aliphatic carboxylic acids is 1. The van der Waals surface area contributed by atoms with E-state index in [-0.39, 0.29) is 0 Å². The summed E-state index contributed by atoms with van der Waals surface area (Å²) in [6.07, 6.45) is 7.87. The normalized spacial score (nSPS) is 25.8. The summed E-state index contributed by atoms with van der Waals surface area (Å²) in [5.41, 5.74) is -0.781. The third-order valence-electron chi connectivity index (χ3n) is 4.96. The minimum atomic E-state index is -0.781. The maximum atomic E-state index is 11.5. The van der Waals surface area contributed by atoms with Crippen LogP contribution in [0.1, 0.15) is 65.7 Å². The van der Waals surface area contributed by atoms with Gasteiger partial charge < -0.3 is 15.3 Å². The summed E-state index contributed by atoms with van der Waals surface area (Å²) in [4.78, 5) is 13.9. The van der Waals surface area contributed by atoms with Crippen molar-refractivity contribution >= 4 is 5.97 Å². The smallest absolute Gasteiger partial charge is 0.323 e. The lowest BCUT2D eigenvalue weighted by molar-refractivity contribution is -0.144. The maximum absolute atomic E-state index is 11.5. The second-order valence-corrected chi connectivity index (χ2v) is 7.07. The first-order valence-electron chi connectivity index (χ1n) is 8.57. The second kappa shape index (κ2) is 8.74. The van der Waals surface area contributed by atoms with E-state index >= 15 is 0 Å². The van der Waals surface area contributed by atoms with Gasteiger partial charge >= 0.3 is 5.97 Å². The van der Waals surface area contributed by atoms with Gasteiger partial charge in [-0.3, -0.25) is 4.79 Å². The van der Waals surface area contributed by atoms with Gasteiger partial charge in [0.25, 0.3) is 0 Å². The Labute approximate surface area is 130 Å². The summed E-state index contributed by atoms with van der Waals surface area (Å²) in [6.45, 7) is 7.98. The van der Waals surface area contributed by atoms with Crippen LogP contribution in [0.25, 0.3) is 0 Å². The first-order chi connectivity index (χ1) is 9.89. The predicted octanol–water partition coefficient (Wildman–Crippen LogP) is 3.12. The molecule has 21 heavy (non-hydrogen) atoms. The molecule has 0 spiro atoms. The number of rotatable bonds is 9. The molecule has 0 radical (unpaired) electrons. The molecule has 1 rings (SSSR count). The summed E-state index contributed by atoms with van der Waals surface area (Å²) in [5.74, 6) is 0.103. The van der Waals surface area contributed by atoms with Gasteiger partial charge in [0.15, 0.2) is 0 Å². The Morgan fingerprint density at radius 2 is 2.14 bits per heavy atom. The average Bonchev–Trinajstić information content (AvgIpc) is 2.44. The highest BCUT2D eigenvalue weighted by Gasteiger charge is 2.32. The van der Waals surface area contributed by atoms with E-state index in [1.807, 2.05) is 6.92 Å². The van der Waals surface area contributed by atoms with Gasteiger partial charge in [-0.2, -0.15) is 0 Å². The van der Waals surface area contributed by atoms with Crippen LogP contribution in [0.15, 0.2) is 0 Å². The van der Waals surface area contributed by atoms with Crippen LogP contribution in [-0.2, 0) is 4.79 Å². The molecular weight excluding hydrogens is 264 g/mol. The number of nitrogens with one attached hydrogen (secondary N) is 1. The van der Waals surface area contributed by atoms with Gasteiger partial charge in [0.05, 0.1) is 0 Å². The SMILES string of the molecule is CCCNC(C)(CCCN(C)C1CCCC(C)C1)C(=O)O. The van der Waals surface area contributed by atoms with Crippen molar-refractivity contribution in [2.45, 2.75) is 77.3 Å². The van der Waals surface area contributed by atoms with E-state index in [1.165, 1.54) is 25.7 Å². The number of hydrogen-bond acceptors (Lipinski definition) is 3. The molecule has 4 heteroatoms. The van der Waals surface area contributed by atoms with Crippen molar-refractivity contribution in [3.05, 3.63) is 0 Å². The monoisotopic (exact) mass is 298 g/mol. The first-order valence-corrected chi connectivity index (χ1v) is 8.57. The maximum Gasteiger partial charge on any atom is 0.323 e. The zero-order chi connectivity index (χ0) is 15.9. The Balaban J connectivity index is 2.37. The van der Waals surface area contributed by atoms with Crippen LogP contribution in [0, 0.1) is 5.92 Å². The number of nitrogens with zero attached hydrogens (tertiary/aromatic N) is 1. The lowest BCUT2D eigenvalue weighted by atomic mass is 9.86. The molecule has 0 heterocycles. The summed E-state index contributed by atoms with van der Waals surface area (Å²) in [5, 5.41) is 12.6. The van der Waals surface area contributed by atoms with Gasteiger partial charge in [-0.25, -0.2) is 0 Å². The Hall–Kier alpha value is -0.610. The molecule has 1 fully saturated rings. The van der Waals surface area contributed by atoms with Crippen molar-refractivity contribution in [3.8, 4) is 0 Å². The van der Waals surface area contributed by atoms with Gasteiger partial charge in [-0.15, -0.1) is 0 Å². The molecule has 0 aromatic heterocycles. The lowest BCUT2D eigenvalue weighted by Crippen LogP contribution is -2.50. The fourth-order valence-corrected chi connectivity index (χ4v) is 3.34. The van der Waals surface area contributed by atoms with E-state index in [2.05, 4.69) is 31.1 Å². The molecule has 0 aromatic carbocycles. The largest absolute Gasteiger partial charge is 0.480 e. The van der Waals surface area contributed by atoms with Gasteiger partial charge in [0, 0.05) is 6.04 Å². The molecular formula is C17H34N2O2. The Morgan fingerprint density at radius 3 is 2.71 bits per heavy atom. The third kappa shape index (κ3) is 5.95. The van der Waals surface area contributed by atoms with E-state index in [0.717, 1.165) is 31.8 Å². The molecule has 4 nitrogen and oxygen atoms in total. The van der Waals surface area contributed by atoms with Crippen molar-refractivity contribution in [3.63, 3.8) is 0 Å². The first kappa shape index (κ1) is 18.4. The number of carboxylic acid groups (broad SMARTS) is 1. The van der Waals surface area contributed by atoms with Crippen molar-refractivity contribution in [1.82, 2.24) is 10.2 Å². The van der Waals surface area contributed by atoms with Gasteiger partial charge in [-0.1, -0.05) is 26.7 Å². The third-order valence-corrected chi connectivity index (χ3v) is 4.96. The van der Waals surface area contributed by atoms with E-state index in [4.69, 9.17) is 0 Å². The molecule has 2 N–H and O–H groups in total. The Kier molecular flexibility index (Phi) is 7.67. The molecule has 0 aliphatic heterocycles. The Morgan fingerprint density at radius 1 is 1.43 bits per heavy atom. The minimum Gasteiger partial charge on any atom is -0.480 e. The molecule has 3 atom stereocenters. The van der Waals surface area contributed by atoms with Crippen LogP contribution in [0.2, 0.25) is 0 Å². The summed E-state index contributed by atoms with van der Waals surface area (Å²) in [6, 6.07) is 0.688. The number of carbonyl (C=O) groups is 1. The highest BCUT2D eigenvalue weighted by Crippen LogP contribution is 2.27. The van der Waals surface area contributed by atoms with E-state index < -0.39 is 11.5 Å². The average molecular weight is 298 g/mol. The molecule has 3 unspecified atom stereocenters. The van der Waals surface area contributed by atoms with Gasteiger partial charge in [0.2, 0.25) is 0 Å². The zero-order valence-electron chi connectivity index (χ0n) is 14.3. The van der Waals surface area contributed by atoms with E-state index in [1.54, 1.807) is 0 Å². The molecule has 1 aliphatic carbocycles. The molecule has 124 valence electrons. The van der Waals surface area contributed by atoms with Crippen LogP contribution < -0.4 is 5.32 Å². The quantitative estimate of drug-likeness (QED) is 0.687. The second-order valence-electron chi connectivity index (χ2n) is 7.07. The standard InChI is InChI=1S/C17H34N2O2/c1-5-11-18-17(3,16(20)21)10-7-12-19(4)15-9-6-8-14(2)13-15/h14-15,18H,5-13H2,1-4H3,(H,20,21). The van der Waals surface area contributed by atoms with Crippen molar-refractivity contribution in [1.29, 1.82) is 0 Å². The van der Waals surface area contributed by atoms with Crippen LogP contribution in [0.5, 0.6) is 0 Å². The Bertz CT molecular complexity index is 322. The van der Waals surface area contributed by atoms with Crippen molar-refractivity contribution in [2.75, 3.05) is 20.1 Å². The molecule has 1 saturated carbocycles. The predicted molar refractivity (Wildman–Crippen MR) is 87.6 cm³/mol. The molecule has 1 aliphatic rings. The van der Waals surface area contributed by atoms with Crippen LogP contribution in [0.3, 0.4) is 0 Å².